The molecule has 0 saturated carbocycles. The van der Waals surface area contributed by atoms with Crippen LogP contribution in [-0.2, 0) is 15.8 Å². The van der Waals surface area contributed by atoms with Crippen LogP contribution < -0.4 is 0 Å². The summed E-state index contributed by atoms with van der Waals surface area (Å²) in [5, 5.41) is 8.58. The van der Waals surface area contributed by atoms with Crippen LogP contribution in [0.1, 0.15) is 24.8 Å². The van der Waals surface area contributed by atoms with E-state index in [0.29, 0.717) is 29.2 Å². The number of benzene rings is 2. The molecular formula is C20H19ClFN3O3S2. The van der Waals surface area contributed by atoms with Gasteiger partial charge in [-0.3, -0.25) is 0 Å². The molecule has 3 aromatic rings. The monoisotopic (exact) mass is 467 g/mol. The van der Waals surface area contributed by atoms with E-state index in [4.69, 9.17) is 16.0 Å². The number of piperidine rings is 1. The maximum Gasteiger partial charge on any atom is 0.277 e. The molecule has 1 saturated heterocycles. The van der Waals surface area contributed by atoms with Gasteiger partial charge >= 0.3 is 0 Å². The number of hydrogen-bond acceptors (Lipinski definition) is 6. The quantitative estimate of drug-likeness (QED) is 0.475. The number of nitrogens with zero attached hydrogens (tertiary/aromatic N) is 3. The van der Waals surface area contributed by atoms with Crippen molar-refractivity contribution in [2.24, 2.45) is 0 Å². The van der Waals surface area contributed by atoms with E-state index >= 15 is 0 Å². The van der Waals surface area contributed by atoms with Crippen LogP contribution in [0.4, 0.5) is 4.39 Å². The summed E-state index contributed by atoms with van der Waals surface area (Å²) in [6, 6.07) is 10.9. The average Bonchev–Trinajstić information content (AvgIpc) is 3.23. The summed E-state index contributed by atoms with van der Waals surface area (Å²) >= 11 is 7.21. The maximum absolute atomic E-state index is 13.9. The Morgan fingerprint density at radius 3 is 2.50 bits per heavy atom. The molecule has 2 aromatic carbocycles. The van der Waals surface area contributed by atoms with Crippen LogP contribution in [0.5, 0.6) is 0 Å². The predicted octanol–water partition coefficient (Wildman–Crippen LogP) is 5.00. The first-order chi connectivity index (χ1) is 14.4. The number of rotatable bonds is 6. The minimum atomic E-state index is -3.49. The Bertz CT molecular complexity index is 1110. The van der Waals surface area contributed by atoms with Crippen LogP contribution in [0.3, 0.4) is 0 Å². The zero-order valence-corrected chi connectivity index (χ0v) is 18.3. The molecule has 0 radical (unpaired) electrons. The topological polar surface area (TPSA) is 76.3 Å². The molecule has 4 rings (SSSR count). The standard InChI is InChI=1S/C20H19ClFN3O3S2/c21-17-5-4-6-18(22)16(17)13-29-20-24-23-19(28-20)14-7-9-15(10-8-14)30(26,27)25-11-2-1-3-12-25/h4-10H,1-3,11-13H2. The summed E-state index contributed by atoms with van der Waals surface area (Å²) in [6.45, 7) is 1.11. The Labute approximate surface area is 183 Å². The number of sulfonamides is 1. The molecule has 1 fully saturated rings. The first-order valence-electron chi connectivity index (χ1n) is 9.45. The Balaban J connectivity index is 1.46. The normalized spacial score (nSPS) is 15.4. The molecule has 0 amide bonds. The zero-order valence-electron chi connectivity index (χ0n) is 15.9. The van der Waals surface area contributed by atoms with E-state index in [1.165, 1.54) is 22.1 Å². The van der Waals surface area contributed by atoms with Gasteiger partial charge < -0.3 is 4.42 Å². The Kier molecular flexibility index (Phi) is 6.43. The SMILES string of the molecule is O=S(=O)(c1ccc(-c2nnc(SCc3c(F)cccc3Cl)o2)cc1)N1CCCCC1. The smallest absolute Gasteiger partial charge is 0.277 e. The largest absolute Gasteiger partial charge is 0.411 e. The summed E-state index contributed by atoms with van der Waals surface area (Å²) in [5.41, 5.74) is 0.979. The van der Waals surface area contributed by atoms with Crippen LogP contribution in [0.2, 0.25) is 5.02 Å². The summed E-state index contributed by atoms with van der Waals surface area (Å²) < 4.78 is 46.5. The molecule has 0 spiro atoms. The van der Waals surface area contributed by atoms with Gasteiger partial charge in [0.1, 0.15) is 5.82 Å². The second-order valence-corrected chi connectivity index (χ2v) is 10.1. The van der Waals surface area contributed by atoms with Crippen molar-refractivity contribution in [3.63, 3.8) is 0 Å². The molecule has 158 valence electrons. The van der Waals surface area contributed by atoms with Gasteiger partial charge in [0.25, 0.3) is 5.22 Å². The van der Waals surface area contributed by atoms with Gasteiger partial charge in [0.2, 0.25) is 15.9 Å². The maximum atomic E-state index is 13.9. The lowest BCUT2D eigenvalue weighted by atomic mass is 10.2. The highest BCUT2D eigenvalue weighted by atomic mass is 35.5. The van der Waals surface area contributed by atoms with Crippen molar-refractivity contribution in [3.05, 3.63) is 58.9 Å². The van der Waals surface area contributed by atoms with Crippen molar-refractivity contribution < 1.29 is 17.2 Å². The molecule has 0 unspecified atom stereocenters. The van der Waals surface area contributed by atoms with Crippen LogP contribution in [0.25, 0.3) is 11.5 Å². The van der Waals surface area contributed by atoms with E-state index in [9.17, 15) is 12.8 Å². The summed E-state index contributed by atoms with van der Waals surface area (Å²) in [6.07, 6.45) is 2.83. The Morgan fingerprint density at radius 2 is 1.80 bits per heavy atom. The molecule has 2 heterocycles. The molecule has 1 aromatic heterocycles. The highest BCUT2D eigenvalue weighted by Crippen LogP contribution is 2.30. The first kappa shape index (κ1) is 21.3. The van der Waals surface area contributed by atoms with E-state index in [-0.39, 0.29) is 27.6 Å². The van der Waals surface area contributed by atoms with Crippen LogP contribution in [0.15, 0.2) is 57.0 Å². The highest BCUT2D eigenvalue weighted by molar-refractivity contribution is 7.98. The first-order valence-corrected chi connectivity index (χ1v) is 12.3. The Hall–Kier alpha value is -1.94. The minimum absolute atomic E-state index is 0.247. The highest BCUT2D eigenvalue weighted by Gasteiger charge is 2.26. The number of halogens is 2. The average molecular weight is 468 g/mol. The van der Waals surface area contributed by atoms with Gasteiger partial charge in [-0.15, -0.1) is 10.2 Å². The Morgan fingerprint density at radius 1 is 1.07 bits per heavy atom. The summed E-state index contributed by atoms with van der Waals surface area (Å²) in [4.78, 5) is 0.247. The molecule has 0 N–H and O–H groups in total. The van der Waals surface area contributed by atoms with Crippen molar-refractivity contribution in [2.75, 3.05) is 13.1 Å². The fourth-order valence-electron chi connectivity index (χ4n) is 3.21. The third-order valence-electron chi connectivity index (χ3n) is 4.86. The fraction of sp³-hybridized carbons (Fsp3) is 0.300. The second-order valence-electron chi connectivity index (χ2n) is 6.85. The van der Waals surface area contributed by atoms with Crippen LogP contribution >= 0.6 is 23.4 Å². The van der Waals surface area contributed by atoms with Crippen molar-refractivity contribution >= 4 is 33.4 Å². The number of hydrogen-bond donors (Lipinski definition) is 0. The van der Waals surface area contributed by atoms with E-state index < -0.39 is 10.0 Å². The van der Waals surface area contributed by atoms with Gasteiger partial charge in [-0.2, -0.15) is 4.31 Å². The molecule has 1 aliphatic rings. The van der Waals surface area contributed by atoms with Crippen LogP contribution in [0, 0.1) is 5.82 Å². The van der Waals surface area contributed by atoms with Gasteiger partial charge in [0.15, 0.2) is 0 Å². The number of thioether (sulfide) groups is 1. The summed E-state index contributed by atoms with van der Waals surface area (Å²) in [7, 11) is -3.49. The van der Waals surface area contributed by atoms with Crippen molar-refractivity contribution in [1.29, 1.82) is 0 Å². The molecular weight excluding hydrogens is 449 g/mol. The third-order valence-corrected chi connectivity index (χ3v) is 7.97. The van der Waals surface area contributed by atoms with E-state index in [1.807, 2.05) is 0 Å². The fourth-order valence-corrected chi connectivity index (χ4v) is 5.84. The van der Waals surface area contributed by atoms with E-state index in [0.717, 1.165) is 19.3 Å². The van der Waals surface area contributed by atoms with Crippen molar-refractivity contribution in [2.45, 2.75) is 35.1 Å². The predicted molar refractivity (Wildman–Crippen MR) is 113 cm³/mol. The minimum Gasteiger partial charge on any atom is -0.411 e. The molecule has 30 heavy (non-hydrogen) atoms. The van der Waals surface area contributed by atoms with E-state index in [1.54, 1.807) is 36.4 Å². The van der Waals surface area contributed by atoms with E-state index in [2.05, 4.69) is 10.2 Å². The van der Waals surface area contributed by atoms with Crippen LogP contribution in [-0.4, -0.2) is 36.0 Å². The van der Waals surface area contributed by atoms with Crippen molar-refractivity contribution in [3.8, 4) is 11.5 Å². The van der Waals surface area contributed by atoms with Gasteiger partial charge in [0, 0.05) is 35.0 Å². The molecule has 0 bridgehead atoms. The third kappa shape index (κ3) is 4.54. The lowest BCUT2D eigenvalue weighted by Gasteiger charge is -2.25. The molecule has 6 nitrogen and oxygen atoms in total. The molecule has 0 aliphatic carbocycles. The zero-order chi connectivity index (χ0) is 21.1. The second kappa shape index (κ2) is 9.05. The van der Waals surface area contributed by atoms with Gasteiger partial charge in [-0.1, -0.05) is 35.9 Å². The number of aromatic nitrogens is 2. The van der Waals surface area contributed by atoms with Crippen molar-refractivity contribution in [1.82, 2.24) is 14.5 Å². The molecule has 0 atom stereocenters. The molecule has 10 heteroatoms. The van der Waals surface area contributed by atoms with Gasteiger partial charge in [-0.05, 0) is 49.2 Å². The molecule has 1 aliphatic heterocycles. The van der Waals surface area contributed by atoms with Gasteiger partial charge in [0.05, 0.1) is 4.90 Å². The summed E-state index contributed by atoms with van der Waals surface area (Å²) in [5.74, 6) is 0.125. The lowest BCUT2D eigenvalue weighted by molar-refractivity contribution is 0.346. The van der Waals surface area contributed by atoms with Gasteiger partial charge in [-0.25, -0.2) is 12.8 Å². The lowest BCUT2D eigenvalue weighted by Crippen LogP contribution is -2.35.